The number of fused-ring (bicyclic) bond motifs is 1. The van der Waals surface area contributed by atoms with Crippen LogP contribution >= 0.6 is 39.1 Å². The molecule has 0 unspecified atom stereocenters. The lowest BCUT2D eigenvalue weighted by Gasteiger charge is -2.02. The molecule has 0 spiro atoms. The van der Waals surface area contributed by atoms with Crippen molar-refractivity contribution in [2.75, 3.05) is 0 Å². The minimum absolute atomic E-state index is 0.150. The van der Waals surface area contributed by atoms with Gasteiger partial charge < -0.3 is 4.98 Å². The van der Waals surface area contributed by atoms with Crippen molar-refractivity contribution in [1.29, 1.82) is 0 Å². The van der Waals surface area contributed by atoms with Crippen LogP contribution in [0.25, 0.3) is 10.9 Å². The van der Waals surface area contributed by atoms with Gasteiger partial charge in [-0.25, -0.2) is 4.98 Å². The fraction of sp³-hybridized carbons (Fsp3) is 0.111. The lowest BCUT2D eigenvalue weighted by molar-refractivity contribution is 1.03. The highest BCUT2D eigenvalue weighted by molar-refractivity contribution is 9.10. The molecule has 2 rings (SSSR count). The number of alkyl halides is 1. The molecule has 0 aliphatic carbocycles. The van der Waals surface area contributed by atoms with Crippen LogP contribution in [0.3, 0.4) is 0 Å². The molecule has 3 nitrogen and oxygen atoms in total. The summed E-state index contributed by atoms with van der Waals surface area (Å²) in [4.78, 5) is 18.4. The molecule has 2 aromatic rings. The lowest BCUT2D eigenvalue weighted by atomic mass is 10.2. The molecule has 0 saturated heterocycles. The van der Waals surface area contributed by atoms with Crippen LogP contribution in [-0.4, -0.2) is 9.97 Å². The first-order valence-electron chi connectivity index (χ1n) is 4.05. The van der Waals surface area contributed by atoms with E-state index in [4.69, 9.17) is 23.2 Å². The van der Waals surface area contributed by atoms with E-state index >= 15 is 0 Å². The van der Waals surface area contributed by atoms with Crippen molar-refractivity contribution in [3.8, 4) is 0 Å². The Balaban J connectivity index is 2.91. The molecule has 0 fully saturated rings. The second kappa shape index (κ2) is 4.12. The van der Waals surface area contributed by atoms with Gasteiger partial charge in [0.2, 0.25) is 0 Å². The van der Waals surface area contributed by atoms with E-state index in [-0.39, 0.29) is 11.4 Å². The Morgan fingerprint density at radius 2 is 2.20 bits per heavy atom. The number of H-pyrrole nitrogens is 1. The van der Waals surface area contributed by atoms with Gasteiger partial charge in [-0.3, -0.25) is 4.79 Å². The van der Waals surface area contributed by atoms with Gasteiger partial charge in [-0.1, -0.05) is 27.5 Å². The summed E-state index contributed by atoms with van der Waals surface area (Å²) in [5, 5.41) is 0.875. The Kier molecular flexibility index (Phi) is 3.00. The Morgan fingerprint density at radius 3 is 2.87 bits per heavy atom. The van der Waals surface area contributed by atoms with Crippen LogP contribution < -0.4 is 5.56 Å². The van der Waals surface area contributed by atoms with Gasteiger partial charge in [0.25, 0.3) is 5.56 Å². The second-order valence-electron chi connectivity index (χ2n) is 2.93. The predicted molar refractivity (Wildman–Crippen MR) is 64.6 cm³/mol. The van der Waals surface area contributed by atoms with E-state index < -0.39 is 0 Å². The summed E-state index contributed by atoms with van der Waals surface area (Å²) in [5.74, 6) is 0.566. The highest BCUT2D eigenvalue weighted by Gasteiger charge is 2.07. The third-order valence-corrected chi connectivity index (χ3v) is 2.90. The van der Waals surface area contributed by atoms with Gasteiger partial charge in [-0.15, -0.1) is 11.6 Å². The fourth-order valence-corrected chi connectivity index (χ4v) is 2.26. The minimum atomic E-state index is -0.237. The summed E-state index contributed by atoms with van der Waals surface area (Å²) >= 11 is 14.8. The van der Waals surface area contributed by atoms with E-state index in [0.29, 0.717) is 21.7 Å². The monoisotopic (exact) mass is 306 g/mol. The minimum Gasteiger partial charge on any atom is -0.309 e. The molecule has 0 aliphatic rings. The third-order valence-electron chi connectivity index (χ3n) is 1.90. The average molecular weight is 308 g/mol. The van der Waals surface area contributed by atoms with Crippen molar-refractivity contribution in [1.82, 2.24) is 9.97 Å². The zero-order valence-corrected chi connectivity index (χ0v) is 10.4. The Bertz CT molecular complexity index is 582. The number of rotatable bonds is 1. The van der Waals surface area contributed by atoms with Gasteiger partial charge in [-0.05, 0) is 12.1 Å². The first kappa shape index (κ1) is 10.9. The van der Waals surface area contributed by atoms with Crippen molar-refractivity contribution < 1.29 is 0 Å². The molecule has 0 atom stereocenters. The fourth-order valence-electron chi connectivity index (χ4n) is 1.28. The number of nitrogens with zero attached hydrogens (tertiary/aromatic N) is 1. The van der Waals surface area contributed by atoms with Crippen LogP contribution in [0.1, 0.15) is 5.82 Å². The van der Waals surface area contributed by atoms with Gasteiger partial charge in [-0.2, -0.15) is 0 Å². The smallest absolute Gasteiger partial charge is 0.258 e. The number of halogens is 3. The van der Waals surface area contributed by atoms with Crippen molar-refractivity contribution in [3.05, 3.63) is 37.8 Å². The van der Waals surface area contributed by atoms with Crippen LogP contribution in [0.5, 0.6) is 0 Å². The molecule has 1 aromatic carbocycles. The van der Waals surface area contributed by atoms with Crippen LogP contribution in [0.2, 0.25) is 5.02 Å². The summed E-state index contributed by atoms with van der Waals surface area (Å²) in [6, 6.07) is 3.36. The average Bonchev–Trinajstić information content (AvgIpc) is 2.19. The highest BCUT2D eigenvalue weighted by Crippen LogP contribution is 2.24. The Morgan fingerprint density at radius 1 is 1.47 bits per heavy atom. The van der Waals surface area contributed by atoms with E-state index in [2.05, 4.69) is 25.9 Å². The second-order valence-corrected chi connectivity index (χ2v) is 4.52. The van der Waals surface area contributed by atoms with E-state index in [1.807, 2.05) is 0 Å². The van der Waals surface area contributed by atoms with E-state index in [1.165, 1.54) is 0 Å². The van der Waals surface area contributed by atoms with E-state index in [0.717, 1.165) is 4.47 Å². The van der Waals surface area contributed by atoms with Crippen molar-refractivity contribution in [2.45, 2.75) is 5.88 Å². The predicted octanol–water partition coefficient (Wildman–Crippen LogP) is 3.08. The quantitative estimate of drug-likeness (QED) is 0.823. The molecule has 0 aliphatic heterocycles. The molecule has 6 heteroatoms. The Labute approximate surface area is 104 Å². The summed E-state index contributed by atoms with van der Waals surface area (Å²) in [7, 11) is 0. The lowest BCUT2D eigenvalue weighted by Crippen LogP contribution is -2.11. The van der Waals surface area contributed by atoms with E-state index in [9.17, 15) is 4.79 Å². The standard InChI is InChI=1S/C9H5BrCl2N2O/c10-4-1-5-8(6(12)2-4)13-7(3-11)14-9(5)15/h1-2H,3H2,(H,13,14,15). The summed E-state index contributed by atoms with van der Waals surface area (Å²) in [5.41, 5.74) is 0.234. The SMILES string of the molecule is O=c1[nH]c(CCl)nc2c(Cl)cc(Br)cc12. The summed E-state index contributed by atoms with van der Waals surface area (Å²) in [6.07, 6.45) is 0. The molecular formula is C9H5BrCl2N2O. The number of nitrogens with one attached hydrogen (secondary N) is 1. The third kappa shape index (κ3) is 2.02. The van der Waals surface area contributed by atoms with Gasteiger partial charge >= 0.3 is 0 Å². The number of hydrogen-bond acceptors (Lipinski definition) is 2. The van der Waals surface area contributed by atoms with Crippen LogP contribution in [0.4, 0.5) is 0 Å². The maximum absolute atomic E-state index is 11.6. The van der Waals surface area contributed by atoms with Gasteiger partial charge in [0, 0.05) is 4.47 Å². The maximum atomic E-state index is 11.6. The zero-order chi connectivity index (χ0) is 11.0. The van der Waals surface area contributed by atoms with Crippen LogP contribution in [0, 0.1) is 0 Å². The number of aromatic amines is 1. The first-order chi connectivity index (χ1) is 7.11. The first-order valence-corrected chi connectivity index (χ1v) is 5.76. The molecule has 0 saturated carbocycles. The molecular weight excluding hydrogens is 303 g/mol. The molecule has 15 heavy (non-hydrogen) atoms. The highest BCUT2D eigenvalue weighted by atomic mass is 79.9. The molecule has 1 aromatic heterocycles. The number of aromatic nitrogens is 2. The normalized spacial score (nSPS) is 10.9. The number of benzene rings is 1. The maximum Gasteiger partial charge on any atom is 0.258 e. The Hall–Kier alpha value is -0.580. The van der Waals surface area contributed by atoms with Gasteiger partial charge in [0.1, 0.15) is 5.82 Å². The van der Waals surface area contributed by atoms with Gasteiger partial charge in [0.15, 0.2) is 0 Å². The summed E-state index contributed by atoms with van der Waals surface area (Å²) < 4.78 is 0.742. The zero-order valence-electron chi connectivity index (χ0n) is 7.35. The molecule has 78 valence electrons. The van der Waals surface area contributed by atoms with Crippen molar-refractivity contribution in [3.63, 3.8) is 0 Å². The number of hydrogen-bond donors (Lipinski definition) is 1. The van der Waals surface area contributed by atoms with Crippen molar-refractivity contribution >= 4 is 50.0 Å². The molecule has 0 bridgehead atoms. The molecule has 1 heterocycles. The summed E-state index contributed by atoms with van der Waals surface area (Å²) in [6.45, 7) is 0. The largest absolute Gasteiger partial charge is 0.309 e. The van der Waals surface area contributed by atoms with E-state index in [1.54, 1.807) is 12.1 Å². The van der Waals surface area contributed by atoms with Gasteiger partial charge in [0.05, 0.1) is 21.8 Å². The van der Waals surface area contributed by atoms with Crippen LogP contribution in [-0.2, 0) is 5.88 Å². The van der Waals surface area contributed by atoms with Crippen molar-refractivity contribution in [2.24, 2.45) is 0 Å². The van der Waals surface area contributed by atoms with Crippen LogP contribution in [0.15, 0.2) is 21.4 Å². The molecule has 1 N–H and O–H groups in total. The molecule has 0 radical (unpaired) electrons. The molecule has 0 amide bonds. The topological polar surface area (TPSA) is 45.8 Å².